The molecule has 1 aromatic carbocycles. The molecular formula is C16H21BrN2O3. The molecule has 1 aliphatic rings. The number of anilines is 1. The minimum Gasteiger partial charge on any atom is -0.385 e. The van der Waals surface area contributed by atoms with E-state index in [4.69, 9.17) is 4.74 Å². The van der Waals surface area contributed by atoms with E-state index in [2.05, 4.69) is 21.2 Å². The van der Waals surface area contributed by atoms with Crippen LogP contribution in [0.1, 0.15) is 18.4 Å². The van der Waals surface area contributed by atoms with E-state index in [1.165, 1.54) is 0 Å². The van der Waals surface area contributed by atoms with Gasteiger partial charge in [0.2, 0.25) is 11.8 Å². The van der Waals surface area contributed by atoms with Crippen molar-refractivity contribution in [2.24, 2.45) is 5.92 Å². The maximum Gasteiger partial charge on any atom is 0.227 e. The molecule has 1 N–H and O–H groups in total. The molecule has 1 aliphatic heterocycles. The van der Waals surface area contributed by atoms with Crippen molar-refractivity contribution < 1.29 is 14.3 Å². The Hall–Kier alpha value is -1.40. The first-order chi connectivity index (χ1) is 10.5. The first kappa shape index (κ1) is 17.0. The van der Waals surface area contributed by atoms with E-state index in [-0.39, 0.29) is 24.2 Å². The molecule has 1 atom stereocenters. The summed E-state index contributed by atoms with van der Waals surface area (Å²) in [7, 11) is 1.63. The summed E-state index contributed by atoms with van der Waals surface area (Å²) in [6.45, 7) is 3.62. The van der Waals surface area contributed by atoms with Crippen LogP contribution in [0.25, 0.3) is 0 Å². The summed E-state index contributed by atoms with van der Waals surface area (Å²) < 4.78 is 5.95. The third-order valence-electron chi connectivity index (χ3n) is 3.77. The molecule has 22 heavy (non-hydrogen) atoms. The fourth-order valence-corrected chi connectivity index (χ4v) is 2.75. The van der Waals surface area contributed by atoms with Gasteiger partial charge in [-0.1, -0.05) is 15.9 Å². The van der Waals surface area contributed by atoms with E-state index in [9.17, 15) is 9.59 Å². The predicted molar refractivity (Wildman–Crippen MR) is 88.8 cm³/mol. The number of aryl methyl sites for hydroxylation is 1. The van der Waals surface area contributed by atoms with Crippen molar-refractivity contribution in [2.45, 2.75) is 19.8 Å². The molecule has 0 radical (unpaired) electrons. The number of amides is 2. The van der Waals surface area contributed by atoms with Crippen LogP contribution in [0.3, 0.4) is 0 Å². The third-order valence-corrected chi connectivity index (χ3v) is 4.66. The van der Waals surface area contributed by atoms with Gasteiger partial charge < -0.3 is 15.0 Å². The van der Waals surface area contributed by atoms with E-state index in [0.29, 0.717) is 19.7 Å². The zero-order chi connectivity index (χ0) is 16.1. The summed E-state index contributed by atoms with van der Waals surface area (Å²) in [6, 6.07) is 5.78. The highest BCUT2D eigenvalue weighted by molar-refractivity contribution is 9.10. The highest BCUT2D eigenvalue weighted by Crippen LogP contribution is 2.28. The lowest BCUT2D eigenvalue weighted by Crippen LogP contribution is -2.33. The summed E-state index contributed by atoms with van der Waals surface area (Å²) in [6.07, 6.45) is 1.05. The number of rotatable bonds is 6. The Morgan fingerprint density at radius 3 is 2.95 bits per heavy atom. The highest BCUT2D eigenvalue weighted by atomic mass is 79.9. The highest BCUT2D eigenvalue weighted by Gasteiger charge is 2.34. The number of nitrogens with zero attached hydrogens (tertiary/aromatic N) is 1. The van der Waals surface area contributed by atoms with Gasteiger partial charge in [0, 0.05) is 43.4 Å². The second kappa shape index (κ2) is 7.74. The molecule has 1 aromatic rings. The quantitative estimate of drug-likeness (QED) is 0.783. The van der Waals surface area contributed by atoms with Gasteiger partial charge in [0.05, 0.1) is 5.92 Å². The molecular weight excluding hydrogens is 348 g/mol. The second-order valence-corrected chi connectivity index (χ2v) is 6.33. The number of methoxy groups -OCH3 is 1. The van der Waals surface area contributed by atoms with Crippen LogP contribution in [-0.4, -0.2) is 38.6 Å². The van der Waals surface area contributed by atoms with E-state index in [1.807, 2.05) is 25.1 Å². The van der Waals surface area contributed by atoms with Crippen LogP contribution >= 0.6 is 15.9 Å². The lowest BCUT2D eigenvalue weighted by Gasteiger charge is -2.17. The molecule has 1 heterocycles. The zero-order valence-electron chi connectivity index (χ0n) is 12.9. The zero-order valence-corrected chi connectivity index (χ0v) is 14.5. The number of ether oxygens (including phenoxy) is 1. The minimum atomic E-state index is -0.279. The Balaban J connectivity index is 1.95. The molecule has 0 bridgehead atoms. The van der Waals surface area contributed by atoms with E-state index in [0.717, 1.165) is 22.1 Å². The maximum atomic E-state index is 12.2. The average molecular weight is 369 g/mol. The van der Waals surface area contributed by atoms with Gasteiger partial charge in [0.15, 0.2) is 0 Å². The molecule has 1 fully saturated rings. The Labute approximate surface area is 139 Å². The van der Waals surface area contributed by atoms with Gasteiger partial charge >= 0.3 is 0 Å². The van der Waals surface area contributed by atoms with Gasteiger partial charge in [-0.05, 0) is 37.1 Å². The van der Waals surface area contributed by atoms with E-state index >= 15 is 0 Å². The van der Waals surface area contributed by atoms with Crippen LogP contribution in [0.2, 0.25) is 0 Å². The molecule has 0 saturated carbocycles. The van der Waals surface area contributed by atoms with Crippen molar-refractivity contribution in [1.29, 1.82) is 0 Å². The van der Waals surface area contributed by atoms with Gasteiger partial charge in [0.25, 0.3) is 0 Å². The topological polar surface area (TPSA) is 58.6 Å². The number of nitrogens with one attached hydrogen (secondary N) is 1. The average Bonchev–Trinajstić information content (AvgIpc) is 2.88. The summed E-state index contributed by atoms with van der Waals surface area (Å²) >= 11 is 3.45. The van der Waals surface area contributed by atoms with Crippen molar-refractivity contribution in [3.05, 3.63) is 28.2 Å². The predicted octanol–water partition coefficient (Wildman–Crippen LogP) is 2.26. The molecule has 0 aliphatic carbocycles. The maximum absolute atomic E-state index is 12.2. The van der Waals surface area contributed by atoms with Crippen LogP contribution in [0.4, 0.5) is 5.69 Å². The molecule has 2 amide bonds. The fraction of sp³-hybridized carbons (Fsp3) is 0.500. The number of hydrogen-bond donors (Lipinski definition) is 1. The van der Waals surface area contributed by atoms with E-state index in [1.54, 1.807) is 12.0 Å². The van der Waals surface area contributed by atoms with Crippen molar-refractivity contribution in [3.63, 3.8) is 0 Å². The molecule has 0 spiro atoms. The normalized spacial score (nSPS) is 17.9. The van der Waals surface area contributed by atoms with Crippen molar-refractivity contribution in [1.82, 2.24) is 5.32 Å². The van der Waals surface area contributed by atoms with Gasteiger partial charge in [-0.2, -0.15) is 0 Å². The number of benzene rings is 1. The lowest BCUT2D eigenvalue weighted by atomic mass is 10.1. The largest absolute Gasteiger partial charge is 0.385 e. The van der Waals surface area contributed by atoms with Crippen molar-refractivity contribution in [2.75, 3.05) is 31.7 Å². The summed E-state index contributed by atoms with van der Waals surface area (Å²) in [5.74, 6) is -0.335. The molecule has 5 nitrogen and oxygen atoms in total. The van der Waals surface area contributed by atoms with Crippen molar-refractivity contribution >= 4 is 33.4 Å². The van der Waals surface area contributed by atoms with Crippen LogP contribution < -0.4 is 10.2 Å². The molecule has 0 aromatic heterocycles. The lowest BCUT2D eigenvalue weighted by molar-refractivity contribution is -0.126. The first-order valence-electron chi connectivity index (χ1n) is 7.36. The summed E-state index contributed by atoms with van der Waals surface area (Å²) in [5, 5.41) is 2.87. The Kier molecular flexibility index (Phi) is 5.97. The second-order valence-electron chi connectivity index (χ2n) is 5.48. The summed E-state index contributed by atoms with van der Waals surface area (Å²) in [4.78, 5) is 26.0. The van der Waals surface area contributed by atoms with Crippen LogP contribution in [0.5, 0.6) is 0 Å². The molecule has 6 heteroatoms. The minimum absolute atomic E-state index is 0.00114. The van der Waals surface area contributed by atoms with Crippen LogP contribution in [-0.2, 0) is 14.3 Å². The van der Waals surface area contributed by atoms with Crippen LogP contribution in [0, 0.1) is 12.8 Å². The fourth-order valence-electron chi connectivity index (χ4n) is 2.50. The number of carbonyl (C=O) groups is 2. The Morgan fingerprint density at radius 2 is 2.27 bits per heavy atom. The number of hydrogen-bond acceptors (Lipinski definition) is 3. The third kappa shape index (κ3) is 4.08. The number of halogens is 1. The smallest absolute Gasteiger partial charge is 0.227 e. The molecule has 2 rings (SSSR count). The molecule has 0 unspecified atom stereocenters. The SMILES string of the molecule is COCCCNC(=O)[C@H]1CC(=O)N(c2ccc(Br)c(C)c2)C1. The Morgan fingerprint density at radius 1 is 1.50 bits per heavy atom. The van der Waals surface area contributed by atoms with Crippen LogP contribution in [0.15, 0.2) is 22.7 Å². The summed E-state index contributed by atoms with van der Waals surface area (Å²) in [5.41, 5.74) is 1.91. The van der Waals surface area contributed by atoms with Gasteiger partial charge in [-0.25, -0.2) is 0 Å². The standard InChI is InChI=1S/C16H21BrN2O3/c1-11-8-13(4-5-14(11)17)19-10-12(9-15(19)20)16(21)18-6-3-7-22-2/h4-5,8,12H,3,6-7,9-10H2,1-2H3,(H,18,21)/t12-/m0/s1. The molecule has 1 saturated heterocycles. The van der Waals surface area contributed by atoms with Gasteiger partial charge in [-0.15, -0.1) is 0 Å². The first-order valence-corrected chi connectivity index (χ1v) is 8.15. The monoisotopic (exact) mass is 368 g/mol. The van der Waals surface area contributed by atoms with Gasteiger partial charge in [-0.3, -0.25) is 9.59 Å². The van der Waals surface area contributed by atoms with Gasteiger partial charge in [0.1, 0.15) is 0 Å². The number of carbonyl (C=O) groups excluding carboxylic acids is 2. The van der Waals surface area contributed by atoms with E-state index < -0.39 is 0 Å². The molecule has 120 valence electrons. The van der Waals surface area contributed by atoms with Crippen molar-refractivity contribution in [3.8, 4) is 0 Å². The Bertz CT molecular complexity index is 562.